The summed E-state index contributed by atoms with van der Waals surface area (Å²) in [5.41, 5.74) is -1.99. The van der Waals surface area contributed by atoms with E-state index in [9.17, 15) is 27.6 Å². The number of carbonyl (C=O) groups is 2. The van der Waals surface area contributed by atoms with Crippen molar-refractivity contribution in [2.24, 2.45) is 5.92 Å². The molecule has 0 unspecified atom stereocenters. The van der Waals surface area contributed by atoms with E-state index in [0.29, 0.717) is 16.3 Å². The summed E-state index contributed by atoms with van der Waals surface area (Å²) in [7, 11) is 0. The summed E-state index contributed by atoms with van der Waals surface area (Å²) in [6.07, 6.45) is -3.04. The Labute approximate surface area is 187 Å². The molecule has 0 atom stereocenters. The highest BCUT2D eigenvalue weighted by molar-refractivity contribution is 6.31. The molecule has 0 saturated heterocycles. The number of aromatic nitrogens is 2. The van der Waals surface area contributed by atoms with Crippen molar-refractivity contribution in [1.82, 2.24) is 14.9 Å². The minimum Gasteiger partial charge on any atom is -0.341 e. The number of rotatable bonds is 6. The smallest absolute Gasteiger partial charge is 0.341 e. The van der Waals surface area contributed by atoms with Gasteiger partial charge in [0.15, 0.2) is 0 Å². The van der Waals surface area contributed by atoms with E-state index in [2.05, 4.69) is 10.3 Å². The Morgan fingerprint density at radius 3 is 2.44 bits per heavy atom. The average molecular weight is 471 g/mol. The van der Waals surface area contributed by atoms with E-state index in [1.807, 2.05) is 5.32 Å². The highest BCUT2D eigenvalue weighted by Gasteiger charge is 2.48. The van der Waals surface area contributed by atoms with E-state index < -0.39 is 29.7 Å². The van der Waals surface area contributed by atoms with Gasteiger partial charge in [-0.1, -0.05) is 11.6 Å². The van der Waals surface area contributed by atoms with Gasteiger partial charge >= 0.3 is 6.18 Å². The second-order valence-electron chi connectivity index (χ2n) is 8.24. The van der Waals surface area contributed by atoms with Crippen molar-refractivity contribution in [2.45, 2.75) is 51.9 Å². The largest absolute Gasteiger partial charge is 0.410 e. The number of halogens is 4. The quantitative estimate of drug-likeness (QED) is 0.673. The molecule has 3 rings (SSSR count). The monoisotopic (exact) mass is 470 g/mol. The molecule has 11 heteroatoms. The summed E-state index contributed by atoms with van der Waals surface area (Å²) in [4.78, 5) is 41.3. The third-order valence-electron chi connectivity index (χ3n) is 5.13. The number of nitrogens with zero attached hydrogens (tertiary/aromatic N) is 2. The molecule has 0 aliphatic heterocycles. The van der Waals surface area contributed by atoms with Gasteiger partial charge in [0.1, 0.15) is 17.9 Å². The van der Waals surface area contributed by atoms with Gasteiger partial charge in [0, 0.05) is 22.6 Å². The topological polar surface area (TPSA) is 93.1 Å². The second-order valence-corrected chi connectivity index (χ2v) is 8.67. The molecule has 1 aromatic heterocycles. The van der Waals surface area contributed by atoms with Gasteiger partial charge in [0.25, 0.3) is 5.56 Å². The van der Waals surface area contributed by atoms with Gasteiger partial charge in [-0.25, -0.2) is 4.98 Å². The number of benzene rings is 1. The second kappa shape index (κ2) is 8.57. The number of hydrogen-bond acceptors (Lipinski definition) is 4. The molecule has 0 radical (unpaired) electrons. The van der Waals surface area contributed by atoms with Crippen LogP contribution in [0.15, 0.2) is 29.1 Å². The number of nitrogens with one attached hydrogen (secondary N) is 2. The molecule has 32 heavy (non-hydrogen) atoms. The zero-order chi connectivity index (χ0) is 23.8. The molecule has 1 heterocycles. The Kier molecular flexibility index (Phi) is 6.37. The van der Waals surface area contributed by atoms with Gasteiger partial charge in [-0.05, 0) is 51.8 Å². The van der Waals surface area contributed by atoms with Crippen LogP contribution in [0.25, 0.3) is 11.3 Å². The minimum absolute atomic E-state index is 0.0519. The van der Waals surface area contributed by atoms with Gasteiger partial charge in [0.05, 0.1) is 11.4 Å². The van der Waals surface area contributed by atoms with E-state index in [1.54, 1.807) is 18.2 Å². The van der Waals surface area contributed by atoms with Crippen LogP contribution in [0.5, 0.6) is 0 Å². The van der Waals surface area contributed by atoms with Crippen LogP contribution in [-0.2, 0) is 16.1 Å². The molecule has 1 aromatic carbocycles. The summed E-state index contributed by atoms with van der Waals surface area (Å²) in [5, 5.41) is 5.06. The zero-order valence-corrected chi connectivity index (χ0v) is 18.4. The number of amides is 2. The lowest BCUT2D eigenvalue weighted by atomic mass is 10.1. The Hall–Kier alpha value is -2.88. The Balaban J connectivity index is 1.87. The molecule has 0 bridgehead atoms. The first-order chi connectivity index (χ1) is 14.8. The third kappa shape index (κ3) is 5.29. The van der Waals surface area contributed by atoms with Crippen molar-refractivity contribution >= 4 is 29.1 Å². The minimum atomic E-state index is -4.65. The fourth-order valence-corrected chi connectivity index (χ4v) is 3.15. The number of anilines is 1. The molecule has 1 aliphatic carbocycles. The predicted octanol–water partition coefficient (Wildman–Crippen LogP) is 3.68. The average Bonchev–Trinajstić information content (AvgIpc) is 3.48. The molecule has 1 aliphatic rings. The first-order valence-corrected chi connectivity index (χ1v) is 10.2. The summed E-state index contributed by atoms with van der Waals surface area (Å²) in [6.45, 7) is 2.51. The summed E-state index contributed by atoms with van der Waals surface area (Å²) >= 11 is 6.05. The lowest BCUT2D eigenvalue weighted by molar-refractivity contribution is -0.188. The molecule has 0 spiro atoms. The molecule has 2 amide bonds. The molecular weight excluding hydrogens is 449 g/mol. The lowest BCUT2D eigenvalue weighted by Gasteiger charge is -2.29. The van der Waals surface area contributed by atoms with Gasteiger partial charge < -0.3 is 10.6 Å². The van der Waals surface area contributed by atoms with Crippen molar-refractivity contribution in [3.8, 4) is 11.3 Å². The Bertz CT molecular complexity index is 1120. The van der Waals surface area contributed by atoms with Crippen LogP contribution in [0.3, 0.4) is 0 Å². The maximum atomic E-state index is 13.0. The van der Waals surface area contributed by atoms with E-state index in [1.165, 1.54) is 6.92 Å². The molecule has 172 valence electrons. The summed E-state index contributed by atoms with van der Waals surface area (Å²) < 4.78 is 40.0. The molecule has 2 N–H and O–H groups in total. The zero-order valence-electron chi connectivity index (χ0n) is 17.6. The van der Waals surface area contributed by atoms with Gasteiger partial charge in [0.2, 0.25) is 11.8 Å². The van der Waals surface area contributed by atoms with Crippen molar-refractivity contribution in [2.75, 3.05) is 5.32 Å². The molecule has 2 aromatic rings. The molecule has 7 nitrogen and oxygen atoms in total. The van der Waals surface area contributed by atoms with Crippen molar-refractivity contribution in [3.63, 3.8) is 0 Å². The normalized spacial score (nSPS) is 14.2. The Morgan fingerprint density at radius 2 is 1.88 bits per heavy atom. The number of aryl methyl sites for hydroxylation is 1. The fraction of sp³-hybridized carbons (Fsp3) is 0.429. The maximum absolute atomic E-state index is 13.0. The van der Waals surface area contributed by atoms with Crippen LogP contribution in [0.2, 0.25) is 5.02 Å². The lowest BCUT2D eigenvalue weighted by Crippen LogP contribution is -2.55. The van der Waals surface area contributed by atoms with Crippen LogP contribution in [0.4, 0.5) is 18.9 Å². The van der Waals surface area contributed by atoms with Gasteiger partial charge in [-0.2, -0.15) is 13.2 Å². The number of alkyl halides is 3. The van der Waals surface area contributed by atoms with Gasteiger partial charge in [-0.15, -0.1) is 0 Å². The van der Waals surface area contributed by atoms with Crippen molar-refractivity contribution < 1.29 is 22.8 Å². The number of hydrogen-bond donors (Lipinski definition) is 2. The summed E-state index contributed by atoms with van der Waals surface area (Å²) in [6, 6.07) is 5.89. The first-order valence-electron chi connectivity index (χ1n) is 9.85. The van der Waals surface area contributed by atoms with Crippen LogP contribution < -0.4 is 16.2 Å². The SMILES string of the molecule is Cc1nc(-c2ccc(Cl)cc2NC(=O)C2CC2)cc(=O)n1CC(=O)NC(C)(C)C(F)(F)F. The van der Waals surface area contributed by atoms with Crippen LogP contribution >= 0.6 is 11.6 Å². The van der Waals surface area contributed by atoms with Crippen LogP contribution in [0.1, 0.15) is 32.5 Å². The predicted molar refractivity (Wildman–Crippen MR) is 113 cm³/mol. The molecule has 1 fully saturated rings. The summed E-state index contributed by atoms with van der Waals surface area (Å²) in [5.74, 6) is -1.05. The maximum Gasteiger partial charge on any atom is 0.410 e. The van der Waals surface area contributed by atoms with Crippen molar-refractivity contribution in [1.29, 1.82) is 0 Å². The fourth-order valence-electron chi connectivity index (χ4n) is 2.98. The van der Waals surface area contributed by atoms with E-state index >= 15 is 0 Å². The highest BCUT2D eigenvalue weighted by atomic mass is 35.5. The molecule has 1 saturated carbocycles. The number of carbonyl (C=O) groups excluding carboxylic acids is 2. The van der Waals surface area contributed by atoms with Crippen LogP contribution in [-0.4, -0.2) is 33.1 Å². The third-order valence-corrected chi connectivity index (χ3v) is 5.36. The first kappa shape index (κ1) is 23.8. The van der Waals surface area contributed by atoms with Gasteiger partial charge in [-0.3, -0.25) is 19.0 Å². The van der Waals surface area contributed by atoms with E-state index in [-0.39, 0.29) is 23.3 Å². The van der Waals surface area contributed by atoms with Crippen molar-refractivity contribution in [3.05, 3.63) is 45.5 Å². The van der Waals surface area contributed by atoms with Crippen LogP contribution in [0, 0.1) is 12.8 Å². The van der Waals surface area contributed by atoms with E-state index in [0.717, 1.165) is 37.3 Å². The Morgan fingerprint density at radius 1 is 1.22 bits per heavy atom. The van der Waals surface area contributed by atoms with E-state index in [4.69, 9.17) is 11.6 Å². The molecular formula is C21H22ClF3N4O3. The highest BCUT2D eigenvalue weighted by Crippen LogP contribution is 2.34. The standard InChI is InChI=1S/C21H22ClF3N4O3/c1-11-26-16(14-7-6-13(22)8-15(14)27-19(32)12-4-5-12)9-18(31)29(11)10-17(30)28-20(2,3)21(23,24)25/h6-9,12H,4-5,10H2,1-3H3,(H,27,32)(H,28,30).